The highest BCUT2D eigenvalue weighted by atomic mass is 19.1. The summed E-state index contributed by atoms with van der Waals surface area (Å²) in [5, 5.41) is 19.6. The van der Waals surface area contributed by atoms with Gasteiger partial charge in [0.05, 0.1) is 11.0 Å². The second-order valence-electron chi connectivity index (χ2n) is 3.93. The van der Waals surface area contributed by atoms with Crippen molar-refractivity contribution in [1.29, 1.82) is 5.26 Å². The maximum absolute atomic E-state index is 13.4. The van der Waals surface area contributed by atoms with Gasteiger partial charge in [-0.15, -0.1) is 0 Å². The van der Waals surface area contributed by atoms with Crippen LogP contribution in [-0.2, 0) is 6.61 Å². The number of benzene rings is 2. The summed E-state index contributed by atoms with van der Waals surface area (Å²) in [4.78, 5) is 10.1. The lowest BCUT2D eigenvalue weighted by Gasteiger charge is -2.07. The molecule has 0 saturated heterocycles. The minimum absolute atomic E-state index is 0.0459. The van der Waals surface area contributed by atoms with Crippen molar-refractivity contribution in [2.75, 3.05) is 0 Å². The highest BCUT2D eigenvalue weighted by Crippen LogP contribution is 2.24. The molecule has 2 aromatic rings. The van der Waals surface area contributed by atoms with E-state index < -0.39 is 10.7 Å². The van der Waals surface area contributed by atoms with Crippen LogP contribution in [0.25, 0.3) is 0 Å². The molecule has 0 aromatic heterocycles. The van der Waals surface area contributed by atoms with Gasteiger partial charge in [0.2, 0.25) is 0 Å². The van der Waals surface area contributed by atoms with Gasteiger partial charge in [-0.05, 0) is 18.2 Å². The fraction of sp³-hybridized carbons (Fsp3) is 0.0714. The molecule has 100 valence electrons. The molecule has 0 bridgehead atoms. The Bertz CT molecular complexity index is 695. The van der Waals surface area contributed by atoms with E-state index in [1.54, 1.807) is 24.3 Å². The average Bonchev–Trinajstić information content (AvgIpc) is 2.46. The summed E-state index contributed by atoms with van der Waals surface area (Å²) in [6, 6.07) is 11.7. The van der Waals surface area contributed by atoms with Gasteiger partial charge in [-0.3, -0.25) is 10.1 Å². The minimum Gasteiger partial charge on any atom is -0.489 e. The molecule has 0 saturated carbocycles. The van der Waals surface area contributed by atoms with Crippen molar-refractivity contribution in [3.05, 3.63) is 69.5 Å². The quantitative estimate of drug-likeness (QED) is 0.632. The lowest BCUT2D eigenvalue weighted by Crippen LogP contribution is -1.99. The van der Waals surface area contributed by atoms with Crippen molar-refractivity contribution >= 4 is 5.69 Å². The number of nitro groups is 1. The summed E-state index contributed by atoms with van der Waals surface area (Å²) in [6.07, 6.45) is 0. The zero-order valence-corrected chi connectivity index (χ0v) is 10.2. The number of hydrogen-bond donors (Lipinski definition) is 0. The van der Waals surface area contributed by atoms with Crippen molar-refractivity contribution in [2.45, 2.75) is 6.61 Å². The SMILES string of the molecule is N#Cc1ccc(OCc2ccccc2F)cc1[N+](=O)[O-]. The third kappa shape index (κ3) is 2.90. The first-order chi connectivity index (χ1) is 9.61. The molecule has 0 atom stereocenters. The molecule has 5 nitrogen and oxygen atoms in total. The Morgan fingerprint density at radius 1 is 1.30 bits per heavy atom. The van der Waals surface area contributed by atoms with Gasteiger partial charge in [-0.2, -0.15) is 5.26 Å². The van der Waals surface area contributed by atoms with E-state index in [-0.39, 0.29) is 23.6 Å². The monoisotopic (exact) mass is 272 g/mol. The van der Waals surface area contributed by atoms with Crippen molar-refractivity contribution in [1.82, 2.24) is 0 Å². The standard InChI is InChI=1S/C14H9FN2O3/c15-13-4-2-1-3-11(13)9-20-12-6-5-10(8-16)14(7-12)17(18)19/h1-7H,9H2. The van der Waals surface area contributed by atoms with E-state index >= 15 is 0 Å². The Hall–Kier alpha value is -2.94. The third-order valence-corrected chi connectivity index (χ3v) is 2.64. The highest BCUT2D eigenvalue weighted by Gasteiger charge is 2.15. The number of nitriles is 1. The van der Waals surface area contributed by atoms with Crippen molar-refractivity contribution < 1.29 is 14.1 Å². The van der Waals surface area contributed by atoms with E-state index in [4.69, 9.17) is 10.00 Å². The van der Waals surface area contributed by atoms with Crippen LogP contribution in [0.1, 0.15) is 11.1 Å². The zero-order chi connectivity index (χ0) is 14.5. The molecular weight excluding hydrogens is 263 g/mol. The molecule has 0 amide bonds. The van der Waals surface area contributed by atoms with Crippen LogP contribution >= 0.6 is 0 Å². The molecule has 6 heteroatoms. The van der Waals surface area contributed by atoms with E-state index in [0.29, 0.717) is 5.56 Å². The van der Waals surface area contributed by atoms with Crippen LogP contribution < -0.4 is 4.74 Å². The van der Waals surface area contributed by atoms with Gasteiger partial charge in [0.1, 0.15) is 29.8 Å². The van der Waals surface area contributed by atoms with Crippen LogP contribution in [0.15, 0.2) is 42.5 Å². The topological polar surface area (TPSA) is 76.2 Å². The van der Waals surface area contributed by atoms with Crippen molar-refractivity contribution in [3.8, 4) is 11.8 Å². The van der Waals surface area contributed by atoms with Gasteiger partial charge >= 0.3 is 0 Å². The summed E-state index contributed by atoms with van der Waals surface area (Å²) < 4.78 is 18.7. The fourth-order valence-corrected chi connectivity index (χ4v) is 1.62. The minimum atomic E-state index is -0.658. The van der Waals surface area contributed by atoms with Gasteiger partial charge in [0.25, 0.3) is 5.69 Å². The highest BCUT2D eigenvalue weighted by molar-refractivity contribution is 5.52. The van der Waals surface area contributed by atoms with Crippen LogP contribution in [0.2, 0.25) is 0 Å². The van der Waals surface area contributed by atoms with Gasteiger partial charge in [-0.1, -0.05) is 18.2 Å². The number of ether oxygens (including phenoxy) is 1. The summed E-state index contributed by atoms with van der Waals surface area (Å²) in [6.45, 7) is -0.0459. The van der Waals surface area contributed by atoms with E-state index in [1.165, 1.54) is 18.2 Å². The van der Waals surface area contributed by atoms with Crippen molar-refractivity contribution in [2.24, 2.45) is 0 Å². The van der Waals surface area contributed by atoms with Gasteiger partial charge < -0.3 is 4.74 Å². The van der Waals surface area contributed by atoms with Crippen LogP contribution in [-0.4, -0.2) is 4.92 Å². The van der Waals surface area contributed by atoms with E-state index in [2.05, 4.69) is 0 Å². The summed E-state index contributed by atoms with van der Waals surface area (Å²) in [5.41, 5.74) is -0.0358. The first-order valence-corrected chi connectivity index (χ1v) is 5.66. The largest absolute Gasteiger partial charge is 0.489 e. The fourth-order valence-electron chi connectivity index (χ4n) is 1.62. The Kier molecular flexibility index (Phi) is 3.91. The second kappa shape index (κ2) is 5.80. The number of hydrogen-bond acceptors (Lipinski definition) is 4. The number of nitro benzene ring substituents is 1. The molecule has 20 heavy (non-hydrogen) atoms. The Labute approximate surface area is 114 Å². The lowest BCUT2D eigenvalue weighted by molar-refractivity contribution is -0.385. The zero-order valence-electron chi connectivity index (χ0n) is 10.2. The number of halogens is 1. The molecule has 0 unspecified atom stereocenters. The Morgan fingerprint density at radius 2 is 2.05 bits per heavy atom. The molecule has 0 heterocycles. The molecule has 0 aliphatic carbocycles. The van der Waals surface area contributed by atoms with Gasteiger partial charge in [0, 0.05) is 5.56 Å². The van der Waals surface area contributed by atoms with E-state index in [9.17, 15) is 14.5 Å². The Balaban J connectivity index is 2.19. The van der Waals surface area contributed by atoms with Crippen LogP contribution in [0.3, 0.4) is 0 Å². The molecule has 0 spiro atoms. The normalized spacial score (nSPS) is 9.80. The van der Waals surface area contributed by atoms with Crippen LogP contribution in [0, 0.1) is 27.3 Å². The molecule has 0 fully saturated rings. The molecule has 2 aromatic carbocycles. The summed E-state index contributed by atoms with van der Waals surface area (Å²) in [7, 11) is 0. The predicted molar refractivity (Wildman–Crippen MR) is 68.5 cm³/mol. The molecule has 0 aliphatic rings. The summed E-state index contributed by atoms with van der Waals surface area (Å²) >= 11 is 0. The van der Waals surface area contributed by atoms with E-state index in [0.717, 1.165) is 6.07 Å². The third-order valence-electron chi connectivity index (χ3n) is 2.64. The maximum atomic E-state index is 13.4. The van der Waals surface area contributed by atoms with Crippen LogP contribution in [0.5, 0.6) is 5.75 Å². The predicted octanol–water partition coefficient (Wildman–Crippen LogP) is 3.18. The Morgan fingerprint density at radius 3 is 2.70 bits per heavy atom. The number of nitrogens with zero attached hydrogens (tertiary/aromatic N) is 2. The lowest BCUT2D eigenvalue weighted by atomic mass is 10.2. The van der Waals surface area contributed by atoms with Gasteiger partial charge in [0.15, 0.2) is 0 Å². The first-order valence-electron chi connectivity index (χ1n) is 5.66. The van der Waals surface area contributed by atoms with E-state index in [1.807, 2.05) is 0 Å². The second-order valence-corrected chi connectivity index (χ2v) is 3.93. The molecule has 0 aliphatic heterocycles. The van der Waals surface area contributed by atoms with Gasteiger partial charge in [-0.25, -0.2) is 4.39 Å². The van der Waals surface area contributed by atoms with Crippen LogP contribution in [0.4, 0.5) is 10.1 Å². The molecular formula is C14H9FN2O3. The molecule has 0 radical (unpaired) electrons. The first kappa shape index (κ1) is 13.5. The average molecular weight is 272 g/mol. The summed E-state index contributed by atoms with van der Waals surface area (Å²) in [5.74, 6) is -0.199. The molecule has 0 N–H and O–H groups in total. The maximum Gasteiger partial charge on any atom is 0.290 e. The van der Waals surface area contributed by atoms with Crippen molar-refractivity contribution in [3.63, 3.8) is 0 Å². The number of rotatable bonds is 4. The molecule has 2 rings (SSSR count). The smallest absolute Gasteiger partial charge is 0.290 e.